The Hall–Kier alpha value is -8.02. The number of aromatic nitrogens is 4. The predicted octanol–water partition coefficient (Wildman–Crippen LogP) is 4.15. The molecule has 2 aliphatic heterocycles. The second kappa shape index (κ2) is 16.0. The SMILES string of the molecule is O=C([O-])c1ccc(-c2c3nc(c(-c4ccc(C(=O)[O-])cc4)c4ccc([n-]4)c(-c4ccc(C(=O)[O-])cc4)c4nc(c(-c5ccc(C(=O)[O-])cc5)c5ccc2[n-]5)C=C4)C=C3)cc1.[H+].[Zn+2]. The fourth-order valence-electron chi connectivity index (χ4n) is 7.36. The van der Waals surface area contributed by atoms with Crippen LogP contribution in [0.3, 0.4) is 0 Å². The second-order valence-corrected chi connectivity index (χ2v) is 13.8. The number of carboxylic acids is 4. The van der Waals surface area contributed by atoms with Crippen molar-refractivity contribution in [3.8, 4) is 44.5 Å². The van der Waals surface area contributed by atoms with Gasteiger partial charge in [0.1, 0.15) is 0 Å². The average molecular weight is 851 g/mol. The van der Waals surface area contributed by atoms with Crippen LogP contribution in [0.1, 0.15) is 65.6 Å². The quantitative estimate of drug-likeness (QED) is 0.197. The van der Waals surface area contributed by atoms with Crippen molar-refractivity contribution >= 4 is 70.2 Å². The smallest absolute Gasteiger partial charge is 0.657 e. The maximum atomic E-state index is 11.7. The molecule has 0 atom stereocenters. The molecule has 0 amide bonds. The Morgan fingerprint density at radius 1 is 0.344 bits per heavy atom. The van der Waals surface area contributed by atoms with Crippen LogP contribution in [0.15, 0.2) is 121 Å². The van der Waals surface area contributed by atoms with Gasteiger partial charge in [0.25, 0.3) is 0 Å². The van der Waals surface area contributed by atoms with E-state index in [9.17, 15) is 39.6 Å². The topological polar surface area (TPSA) is 214 Å². The summed E-state index contributed by atoms with van der Waals surface area (Å²) in [5.41, 5.74) is 8.39. The zero-order chi connectivity index (χ0) is 41.7. The number of fused-ring (bicyclic) bond motifs is 8. The molecule has 13 heteroatoms. The molecule has 3 aromatic heterocycles. The van der Waals surface area contributed by atoms with E-state index in [2.05, 4.69) is 0 Å². The van der Waals surface area contributed by atoms with Crippen LogP contribution in [0.25, 0.3) is 90.9 Å². The van der Waals surface area contributed by atoms with E-state index in [1.165, 1.54) is 48.5 Å². The van der Waals surface area contributed by atoms with E-state index in [-0.39, 0.29) is 43.2 Å². The van der Waals surface area contributed by atoms with E-state index < -0.39 is 23.9 Å². The van der Waals surface area contributed by atoms with Crippen molar-refractivity contribution in [2.24, 2.45) is 0 Å². The Kier molecular flexibility index (Phi) is 10.4. The molecule has 0 spiro atoms. The van der Waals surface area contributed by atoms with E-state index in [4.69, 9.17) is 19.9 Å². The molecular weight excluding hydrogens is 826 g/mol. The number of nitrogens with zero attached hydrogens (tertiary/aromatic N) is 4. The Labute approximate surface area is 360 Å². The summed E-state index contributed by atoms with van der Waals surface area (Å²) in [5.74, 6) is -5.34. The van der Waals surface area contributed by atoms with Crippen molar-refractivity contribution in [2.45, 2.75) is 0 Å². The number of carbonyl (C=O) groups is 4. The largest absolute Gasteiger partial charge is 2.00 e. The van der Waals surface area contributed by atoms with Gasteiger partial charge in [-0.25, -0.2) is 9.97 Å². The first-order valence-corrected chi connectivity index (χ1v) is 18.4. The standard InChI is InChI=1S/C48H30N4O8.Zn/c53-45(54)29-9-1-25(2-10-29)41-33-17-19-35(49-33)42(26-3-11-30(12-4-26)46(55)56)37-21-23-39(51-37)44(28-7-15-32(16-8-28)48(59)60)40-24-22-38(52-40)43(36-20-18-34(41)50-36)27-5-13-31(14-6-27)47(57)58;/h1-24H,(H6,49,50,51,52,53,54,55,56,57,58,59,60);/q;+2/p-5. The average Bonchev–Trinajstić information content (AvgIpc) is 4.10. The van der Waals surface area contributed by atoms with Crippen LogP contribution in [0, 0.1) is 0 Å². The molecule has 7 aromatic rings. The summed E-state index contributed by atoms with van der Waals surface area (Å²) in [6.45, 7) is 0. The van der Waals surface area contributed by atoms with Crippen LogP contribution in [0.4, 0.5) is 0 Å². The van der Waals surface area contributed by atoms with Crippen LogP contribution < -0.4 is 30.4 Å². The van der Waals surface area contributed by atoms with Gasteiger partial charge >= 0.3 is 20.9 Å². The van der Waals surface area contributed by atoms with Crippen molar-refractivity contribution in [1.82, 2.24) is 19.9 Å². The van der Waals surface area contributed by atoms with Gasteiger partial charge in [0.05, 0.1) is 46.7 Å². The van der Waals surface area contributed by atoms with Crippen LogP contribution in [0.2, 0.25) is 0 Å². The molecule has 9 rings (SSSR count). The fourth-order valence-corrected chi connectivity index (χ4v) is 7.36. The zero-order valence-corrected chi connectivity index (χ0v) is 34.6. The number of carbonyl (C=O) groups excluding carboxylic acids is 4. The minimum absolute atomic E-state index is 0. The number of hydrogen-bond donors (Lipinski definition) is 0. The van der Waals surface area contributed by atoms with Gasteiger partial charge < -0.3 is 49.6 Å². The summed E-state index contributed by atoms with van der Waals surface area (Å²) in [7, 11) is 0. The molecule has 4 aromatic carbocycles. The number of benzene rings is 4. The molecule has 0 fully saturated rings. The van der Waals surface area contributed by atoms with Crippen LogP contribution >= 0.6 is 0 Å². The molecule has 0 radical (unpaired) electrons. The molecule has 8 bridgehead atoms. The van der Waals surface area contributed by atoms with E-state index in [1.807, 2.05) is 0 Å². The Balaban J connectivity index is 0.00000289. The first-order valence-electron chi connectivity index (χ1n) is 18.4. The maximum Gasteiger partial charge on any atom is 2.00 e. The molecule has 0 N–H and O–H groups in total. The fraction of sp³-hybridized carbons (Fsp3) is 0. The van der Waals surface area contributed by atoms with Crippen LogP contribution in [-0.4, -0.2) is 33.8 Å². The third-order valence-electron chi connectivity index (χ3n) is 10.2. The third kappa shape index (κ3) is 7.46. The zero-order valence-electron chi connectivity index (χ0n) is 32.6. The van der Waals surface area contributed by atoms with Crippen molar-refractivity contribution in [3.05, 3.63) is 166 Å². The second-order valence-electron chi connectivity index (χ2n) is 13.8. The van der Waals surface area contributed by atoms with Gasteiger partial charge in [-0.2, -0.15) is 0 Å². The van der Waals surface area contributed by atoms with Gasteiger partial charge in [0.15, 0.2) is 0 Å². The number of aromatic carboxylic acids is 4. The molecule has 0 aliphatic carbocycles. The predicted molar refractivity (Wildman–Crippen MR) is 217 cm³/mol. The molecule has 0 saturated heterocycles. The third-order valence-corrected chi connectivity index (χ3v) is 10.2. The van der Waals surface area contributed by atoms with Crippen molar-refractivity contribution in [2.75, 3.05) is 0 Å². The summed E-state index contributed by atoms with van der Waals surface area (Å²) >= 11 is 0. The minimum atomic E-state index is -1.34. The monoisotopic (exact) mass is 849 g/mol. The number of carboxylic acid groups (broad SMARTS) is 4. The van der Waals surface area contributed by atoms with Gasteiger partial charge in [-0.05, 0) is 91.1 Å². The Bertz CT molecular complexity index is 2770. The Morgan fingerprint density at radius 3 is 0.721 bits per heavy atom. The minimum Gasteiger partial charge on any atom is -0.657 e. The molecule has 5 heterocycles. The van der Waals surface area contributed by atoms with Crippen LogP contribution in [0.5, 0.6) is 0 Å². The van der Waals surface area contributed by atoms with Gasteiger partial charge in [-0.3, -0.25) is 0 Å². The number of hydrogen-bond acceptors (Lipinski definition) is 10. The number of rotatable bonds is 8. The molecule has 2 aliphatic rings. The molecule has 12 nitrogen and oxygen atoms in total. The molecule has 61 heavy (non-hydrogen) atoms. The summed E-state index contributed by atoms with van der Waals surface area (Å²) in [6.07, 6.45) is 7.20. The maximum absolute atomic E-state index is 11.7. The summed E-state index contributed by atoms with van der Waals surface area (Å²) in [5, 5.41) is 46.8. The van der Waals surface area contributed by atoms with E-state index in [1.54, 1.807) is 97.1 Å². The summed E-state index contributed by atoms with van der Waals surface area (Å²) in [4.78, 5) is 67.2. The molecule has 0 saturated carbocycles. The molecule has 0 unspecified atom stereocenters. The summed E-state index contributed by atoms with van der Waals surface area (Å²) in [6, 6.07) is 31.8. The van der Waals surface area contributed by atoms with Crippen molar-refractivity contribution in [3.63, 3.8) is 0 Å². The van der Waals surface area contributed by atoms with Gasteiger partial charge in [-0.1, -0.05) is 121 Å². The summed E-state index contributed by atoms with van der Waals surface area (Å²) < 4.78 is 0. The normalized spacial score (nSPS) is 11.5. The first-order chi connectivity index (χ1) is 29.0. The van der Waals surface area contributed by atoms with E-state index >= 15 is 0 Å². The van der Waals surface area contributed by atoms with Gasteiger partial charge in [0, 0.05) is 0 Å². The van der Waals surface area contributed by atoms with Gasteiger partial charge in [-0.15, -0.1) is 22.1 Å². The molecule has 290 valence electrons. The van der Waals surface area contributed by atoms with Gasteiger partial charge in [0.2, 0.25) is 0 Å². The van der Waals surface area contributed by atoms with Crippen LogP contribution in [-0.2, 0) is 19.5 Å². The Morgan fingerprint density at radius 2 is 0.541 bits per heavy atom. The van der Waals surface area contributed by atoms with Crippen molar-refractivity contribution in [1.29, 1.82) is 0 Å². The first kappa shape index (κ1) is 39.8. The molecular formula is C48H25N4O8Zn-3. The van der Waals surface area contributed by atoms with Crippen molar-refractivity contribution < 1.29 is 60.5 Å². The van der Waals surface area contributed by atoms with E-state index in [0.29, 0.717) is 89.4 Å². The van der Waals surface area contributed by atoms with E-state index in [0.717, 1.165) is 0 Å².